The molecule has 0 heterocycles. The predicted molar refractivity (Wildman–Crippen MR) is 67.7 cm³/mol. The average Bonchev–Trinajstić information content (AvgIpc) is 2.27. The first-order chi connectivity index (χ1) is 8.70. The van der Waals surface area contributed by atoms with Crippen molar-refractivity contribution in [3.8, 4) is 0 Å². The van der Waals surface area contributed by atoms with Crippen LogP contribution in [-0.4, -0.2) is 35.7 Å². The first kappa shape index (κ1) is 16.0. The molecule has 0 spiro atoms. The summed E-state index contributed by atoms with van der Waals surface area (Å²) in [5, 5.41) is 8.61. The zero-order valence-electron chi connectivity index (χ0n) is 10.1. The van der Waals surface area contributed by atoms with Gasteiger partial charge in [0, 0.05) is 17.6 Å². The molecule has 19 heavy (non-hydrogen) atoms. The molecule has 1 atom stereocenters. The maximum atomic E-state index is 12.5. The highest BCUT2D eigenvalue weighted by atomic mass is 79.9. The fourth-order valence-electron chi connectivity index (χ4n) is 1.60. The second kappa shape index (κ2) is 6.38. The molecule has 1 aromatic carbocycles. The van der Waals surface area contributed by atoms with Crippen LogP contribution in [0.5, 0.6) is 0 Å². The number of carbonyl (C=O) groups is 1. The van der Waals surface area contributed by atoms with Gasteiger partial charge >= 0.3 is 12.1 Å². The number of nitrogens with zero attached hydrogens (tertiary/aromatic N) is 1. The zero-order valence-corrected chi connectivity index (χ0v) is 11.7. The van der Waals surface area contributed by atoms with Gasteiger partial charge < -0.3 is 10.0 Å². The number of benzene rings is 1. The summed E-state index contributed by atoms with van der Waals surface area (Å²) in [5.41, 5.74) is 0.817. The number of carboxylic acid groups (broad SMARTS) is 1. The fourth-order valence-corrected chi connectivity index (χ4v) is 1.86. The molecule has 3 nitrogen and oxygen atoms in total. The van der Waals surface area contributed by atoms with E-state index >= 15 is 0 Å². The number of aliphatic carboxylic acids is 1. The molecule has 0 aliphatic rings. The van der Waals surface area contributed by atoms with Gasteiger partial charge in [-0.2, -0.15) is 13.2 Å². The summed E-state index contributed by atoms with van der Waals surface area (Å²) in [6.45, 7) is -0.317. The van der Waals surface area contributed by atoms with Gasteiger partial charge in [-0.25, -0.2) is 0 Å². The van der Waals surface area contributed by atoms with E-state index in [1.165, 1.54) is 11.9 Å². The Morgan fingerprint density at radius 2 is 1.89 bits per heavy atom. The van der Waals surface area contributed by atoms with Crippen molar-refractivity contribution in [2.75, 3.05) is 13.6 Å². The van der Waals surface area contributed by atoms with Crippen molar-refractivity contribution in [3.63, 3.8) is 0 Å². The minimum atomic E-state index is -4.74. The second-order valence-corrected chi connectivity index (χ2v) is 5.17. The van der Waals surface area contributed by atoms with Gasteiger partial charge in [0.1, 0.15) is 0 Å². The molecule has 7 heteroatoms. The first-order valence-electron chi connectivity index (χ1n) is 5.42. The summed E-state index contributed by atoms with van der Waals surface area (Å²) < 4.78 is 38.4. The Morgan fingerprint density at radius 1 is 1.37 bits per heavy atom. The number of alkyl halides is 3. The lowest BCUT2D eigenvalue weighted by Crippen LogP contribution is -2.39. The lowest BCUT2D eigenvalue weighted by molar-refractivity contribution is -0.196. The van der Waals surface area contributed by atoms with Gasteiger partial charge in [0.2, 0.25) is 0 Å². The molecule has 0 bridgehead atoms. The van der Waals surface area contributed by atoms with Crippen molar-refractivity contribution < 1.29 is 23.1 Å². The monoisotopic (exact) mass is 339 g/mol. The standard InChI is InChI=1S/C12H13BrF3NO2/c1-17(6-8-2-4-9(13)5-3-8)7-10(11(18)19)12(14,15)16/h2-5,10H,6-7H2,1H3,(H,18,19). The molecular formula is C12H13BrF3NO2. The molecule has 0 aromatic heterocycles. The largest absolute Gasteiger partial charge is 0.481 e. The lowest BCUT2D eigenvalue weighted by atomic mass is 10.1. The van der Waals surface area contributed by atoms with Crippen molar-refractivity contribution in [2.45, 2.75) is 12.7 Å². The Bertz CT molecular complexity index is 434. The van der Waals surface area contributed by atoms with Gasteiger partial charge in [-0.15, -0.1) is 0 Å². The van der Waals surface area contributed by atoms with Gasteiger partial charge in [0.25, 0.3) is 0 Å². The van der Waals surface area contributed by atoms with E-state index in [4.69, 9.17) is 5.11 Å². The molecule has 1 aromatic rings. The van der Waals surface area contributed by atoms with Crippen LogP contribution >= 0.6 is 15.9 Å². The van der Waals surface area contributed by atoms with Crippen molar-refractivity contribution in [1.82, 2.24) is 4.90 Å². The van der Waals surface area contributed by atoms with Crippen molar-refractivity contribution in [1.29, 1.82) is 0 Å². The van der Waals surface area contributed by atoms with Crippen LogP contribution in [0.25, 0.3) is 0 Å². The van der Waals surface area contributed by atoms with Crippen molar-refractivity contribution >= 4 is 21.9 Å². The van der Waals surface area contributed by atoms with Gasteiger partial charge in [-0.3, -0.25) is 4.79 Å². The van der Waals surface area contributed by atoms with E-state index < -0.39 is 24.6 Å². The zero-order chi connectivity index (χ0) is 14.6. The maximum absolute atomic E-state index is 12.5. The SMILES string of the molecule is CN(Cc1ccc(Br)cc1)CC(C(=O)O)C(F)(F)F. The summed E-state index contributed by atoms with van der Waals surface area (Å²) >= 11 is 3.26. The van der Waals surface area contributed by atoms with E-state index in [-0.39, 0.29) is 6.54 Å². The predicted octanol–water partition coefficient (Wildman–Crippen LogP) is 3.14. The van der Waals surface area contributed by atoms with Crippen LogP contribution in [0.15, 0.2) is 28.7 Å². The summed E-state index contributed by atoms with van der Waals surface area (Å²) in [6.07, 6.45) is -4.74. The summed E-state index contributed by atoms with van der Waals surface area (Å²) in [6, 6.07) is 7.09. The quantitative estimate of drug-likeness (QED) is 0.895. The Kier molecular flexibility index (Phi) is 5.37. The van der Waals surface area contributed by atoms with E-state index in [0.29, 0.717) is 0 Å². The molecule has 0 aliphatic carbocycles. The third-order valence-corrected chi connectivity index (χ3v) is 3.08. The third kappa shape index (κ3) is 5.20. The summed E-state index contributed by atoms with van der Waals surface area (Å²) in [4.78, 5) is 12.0. The van der Waals surface area contributed by atoms with Gasteiger partial charge in [0.05, 0.1) is 0 Å². The van der Waals surface area contributed by atoms with Crippen LogP contribution in [-0.2, 0) is 11.3 Å². The van der Waals surface area contributed by atoms with E-state index in [1.807, 2.05) is 0 Å². The third-order valence-electron chi connectivity index (χ3n) is 2.55. The number of hydrogen-bond donors (Lipinski definition) is 1. The molecule has 106 valence electrons. The van der Waals surface area contributed by atoms with Gasteiger partial charge in [-0.05, 0) is 24.7 Å². The molecule has 0 amide bonds. The minimum absolute atomic E-state index is 0.257. The topological polar surface area (TPSA) is 40.5 Å². The van der Waals surface area contributed by atoms with Crippen molar-refractivity contribution in [2.24, 2.45) is 5.92 Å². The molecule has 0 fully saturated rings. The van der Waals surface area contributed by atoms with Crippen molar-refractivity contribution in [3.05, 3.63) is 34.3 Å². The molecule has 0 aliphatic heterocycles. The first-order valence-corrected chi connectivity index (χ1v) is 6.22. The average molecular weight is 340 g/mol. The number of hydrogen-bond acceptors (Lipinski definition) is 2. The molecule has 1 rings (SSSR count). The molecule has 0 saturated heterocycles. The van der Waals surface area contributed by atoms with Crippen LogP contribution in [0.1, 0.15) is 5.56 Å². The normalized spacial score (nSPS) is 13.6. The van der Waals surface area contributed by atoms with E-state index in [2.05, 4.69) is 15.9 Å². The van der Waals surface area contributed by atoms with Crippen LogP contribution in [0.3, 0.4) is 0 Å². The second-order valence-electron chi connectivity index (χ2n) is 4.26. The summed E-state index contributed by atoms with van der Waals surface area (Å²) in [5.74, 6) is -4.22. The number of rotatable bonds is 5. The highest BCUT2D eigenvalue weighted by Crippen LogP contribution is 2.27. The van der Waals surface area contributed by atoms with Crippen LogP contribution in [0, 0.1) is 5.92 Å². The smallest absolute Gasteiger partial charge is 0.403 e. The molecule has 0 saturated carbocycles. The van der Waals surface area contributed by atoms with E-state index in [0.717, 1.165) is 10.0 Å². The van der Waals surface area contributed by atoms with Gasteiger partial charge in [-0.1, -0.05) is 28.1 Å². The molecule has 1 N–H and O–H groups in total. The molecular weight excluding hydrogens is 327 g/mol. The van der Waals surface area contributed by atoms with Crippen LogP contribution in [0.4, 0.5) is 13.2 Å². The Morgan fingerprint density at radius 3 is 2.32 bits per heavy atom. The maximum Gasteiger partial charge on any atom is 0.403 e. The van der Waals surface area contributed by atoms with Crippen LogP contribution < -0.4 is 0 Å². The van der Waals surface area contributed by atoms with E-state index in [9.17, 15) is 18.0 Å². The fraction of sp³-hybridized carbons (Fsp3) is 0.417. The highest BCUT2D eigenvalue weighted by Gasteiger charge is 2.45. The molecule has 0 radical (unpaired) electrons. The Balaban J connectivity index is 2.65. The molecule has 1 unspecified atom stereocenters. The summed E-state index contributed by atoms with van der Waals surface area (Å²) in [7, 11) is 1.46. The number of carboxylic acids is 1. The van der Waals surface area contributed by atoms with Gasteiger partial charge in [0.15, 0.2) is 5.92 Å². The number of halogens is 4. The van der Waals surface area contributed by atoms with Crippen LogP contribution in [0.2, 0.25) is 0 Å². The Labute approximate surface area is 117 Å². The highest BCUT2D eigenvalue weighted by molar-refractivity contribution is 9.10. The lowest BCUT2D eigenvalue weighted by Gasteiger charge is -2.23. The Hall–Kier alpha value is -1.08. The minimum Gasteiger partial charge on any atom is -0.481 e. The van der Waals surface area contributed by atoms with E-state index in [1.54, 1.807) is 24.3 Å².